The second-order valence-electron chi connectivity index (χ2n) is 5.36. The fourth-order valence-corrected chi connectivity index (χ4v) is 3.33. The monoisotopic (exact) mass is 245 g/mol. The second-order valence-corrected chi connectivity index (χ2v) is 5.36. The number of carbonyl (C=O) groups excluding carboxylic acids is 1. The molecule has 2 aliphatic rings. The number of benzene rings is 1. The van der Waals surface area contributed by atoms with Gasteiger partial charge in [-0.1, -0.05) is 38.1 Å². The highest BCUT2D eigenvalue weighted by Crippen LogP contribution is 2.45. The smallest absolute Gasteiger partial charge is 0.231 e. The van der Waals surface area contributed by atoms with E-state index in [1.165, 1.54) is 11.1 Å². The molecule has 1 aromatic carbocycles. The summed E-state index contributed by atoms with van der Waals surface area (Å²) in [5.74, 6) is 0.162. The van der Waals surface area contributed by atoms with Gasteiger partial charge < -0.3 is 10.1 Å². The molecule has 0 unspecified atom stereocenters. The minimum atomic E-state index is -0.364. The van der Waals surface area contributed by atoms with Crippen molar-refractivity contribution in [1.82, 2.24) is 5.32 Å². The summed E-state index contributed by atoms with van der Waals surface area (Å²) in [5.41, 5.74) is 1.82. The van der Waals surface area contributed by atoms with Gasteiger partial charge in [0.15, 0.2) is 0 Å². The predicted molar refractivity (Wildman–Crippen MR) is 69.3 cm³/mol. The molecule has 1 N–H and O–H groups in total. The van der Waals surface area contributed by atoms with E-state index in [9.17, 15) is 4.79 Å². The molecule has 3 heteroatoms. The maximum atomic E-state index is 12.6. The second kappa shape index (κ2) is 3.82. The summed E-state index contributed by atoms with van der Waals surface area (Å²) < 4.78 is 5.34. The molecule has 2 aliphatic heterocycles. The molecule has 96 valence electrons. The normalized spacial score (nSPS) is 23.1. The average Bonchev–Trinajstić information content (AvgIpc) is 2.37. The van der Waals surface area contributed by atoms with Gasteiger partial charge in [0.2, 0.25) is 5.91 Å². The highest BCUT2D eigenvalue weighted by atomic mass is 16.5. The molecule has 3 nitrogen and oxygen atoms in total. The third kappa shape index (κ3) is 1.25. The molecule has 0 aromatic heterocycles. The molecule has 1 saturated heterocycles. The third-order valence-electron chi connectivity index (χ3n) is 4.65. The fourth-order valence-electron chi connectivity index (χ4n) is 3.33. The summed E-state index contributed by atoms with van der Waals surface area (Å²) in [7, 11) is 0. The minimum Gasteiger partial charge on any atom is -0.376 e. The highest BCUT2D eigenvalue weighted by molar-refractivity contribution is 5.91. The lowest BCUT2D eigenvalue weighted by atomic mass is 9.66. The van der Waals surface area contributed by atoms with E-state index in [4.69, 9.17) is 4.74 Å². The first-order chi connectivity index (χ1) is 8.68. The van der Waals surface area contributed by atoms with Crippen LogP contribution in [-0.4, -0.2) is 19.1 Å². The van der Waals surface area contributed by atoms with E-state index in [1.54, 1.807) is 0 Å². The number of amides is 1. The van der Waals surface area contributed by atoms with Gasteiger partial charge >= 0.3 is 0 Å². The molecule has 2 heterocycles. The Morgan fingerprint density at radius 2 is 1.78 bits per heavy atom. The number of nitrogens with one attached hydrogen (secondary N) is 1. The lowest BCUT2D eigenvalue weighted by Gasteiger charge is -2.51. The summed E-state index contributed by atoms with van der Waals surface area (Å²) in [5, 5.41) is 3.21. The van der Waals surface area contributed by atoms with E-state index in [0.717, 1.165) is 12.8 Å². The van der Waals surface area contributed by atoms with Crippen molar-refractivity contribution in [1.29, 1.82) is 0 Å². The zero-order chi connectivity index (χ0) is 12.8. The predicted octanol–water partition coefficient (Wildman–Crippen LogP) is 2.10. The van der Waals surface area contributed by atoms with Crippen LogP contribution < -0.4 is 5.32 Å². The Hall–Kier alpha value is -1.35. The molecule has 1 aromatic rings. The summed E-state index contributed by atoms with van der Waals surface area (Å²) in [6, 6.07) is 8.33. The Balaban J connectivity index is 2.21. The van der Waals surface area contributed by atoms with E-state index >= 15 is 0 Å². The van der Waals surface area contributed by atoms with Crippen LogP contribution in [-0.2, 0) is 20.5 Å². The van der Waals surface area contributed by atoms with Crippen LogP contribution in [0.25, 0.3) is 0 Å². The van der Waals surface area contributed by atoms with E-state index in [-0.39, 0.29) is 16.9 Å². The van der Waals surface area contributed by atoms with Crippen molar-refractivity contribution in [2.24, 2.45) is 0 Å². The molecule has 0 aliphatic carbocycles. The molecule has 0 saturated carbocycles. The Morgan fingerprint density at radius 3 is 2.28 bits per heavy atom. The molecule has 0 radical (unpaired) electrons. The van der Waals surface area contributed by atoms with Crippen molar-refractivity contribution >= 4 is 5.91 Å². The van der Waals surface area contributed by atoms with Crippen molar-refractivity contribution in [2.75, 3.05) is 13.2 Å². The van der Waals surface area contributed by atoms with Gasteiger partial charge in [-0.05, 0) is 24.0 Å². The van der Waals surface area contributed by atoms with E-state index in [0.29, 0.717) is 13.2 Å². The van der Waals surface area contributed by atoms with Crippen LogP contribution in [0.15, 0.2) is 24.3 Å². The zero-order valence-electron chi connectivity index (χ0n) is 11.0. The van der Waals surface area contributed by atoms with Crippen molar-refractivity contribution in [3.63, 3.8) is 0 Å². The molecule has 1 spiro atoms. The Bertz CT molecular complexity index is 487. The number of carbonyl (C=O) groups is 1. The van der Waals surface area contributed by atoms with Crippen LogP contribution in [0.4, 0.5) is 0 Å². The molecule has 1 amide bonds. The van der Waals surface area contributed by atoms with Gasteiger partial charge in [0.1, 0.15) is 5.54 Å². The molecule has 18 heavy (non-hydrogen) atoms. The summed E-state index contributed by atoms with van der Waals surface area (Å²) >= 11 is 0. The third-order valence-corrected chi connectivity index (χ3v) is 4.65. The minimum absolute atomic E-state index is 0.162. The summed E-state index contributed by atoms with van der Waals surface area (Å²) in [6.07, 6.45) is 1.67. The lowest BCUT2D eigenvalue weighted by Crippen LogP contribution is -2.66. The van der Waals surface area contributed by atoms with Crippen LogP contribution >= 0.6 is 0 Å². The SMILES string of the molecule is CCC1(CC)C(=O)NC2(COC2)c2ccccc21. The fraction of sp³-hybridized carbons (Fsp3) is 0.533. The topological polar surface area (TPSA) is 38.3 Å². The van der Waals surface area contributed by atoms with Gasteiger partial charge in [-0.25, -0.2) is 0 Å². The van der Waals surface area contributed by atoms with Gasteiger partial charge in [-0.2, -0.15) is 0 Å². The van der Waals surface area contributed by atoms with Crippen LogP contribution in [0, 0.1) is 0 Å². The Labute approximate surface area is 108 Å². The number of ether oxygens (including phenoxy) is 1. The van der Waals surface area contributed by atoms with Gasteiger partial charge in [0.25, 0.3) is 0 Å². The highest BCUT2D eigenvalue weighted by Gasteiger charge is 2.53. The van der Waals surface area contributed by atoms with Crippen molar-refractivity contribution in [3.8, 4) is 0 Å². The molecular formula is C15H19NO2. The summed E-state index contributed by atoms with van der Waals surface area (Å²) in [4.78, 5) is 12.6. The van der Waals surface area contributed by atoms with E-state index in [1.807, 2.05) is 12.1 Å². The van der Waals surface area contributed by atoms with Crippen LogP contribution in [0.5, 0.6) is 0 Å². The first kappa shape index (κ1) is 11.7. The van der Waals surface area contributed by atoms with Gasteiger partial charge in [-0.3, -0.25) is 4.79 Å². The van der Waals surface area contributed by atoms with Gasteiger partial charge in [-0.15, -0.1) is 0 Å². The van der Waals surface area contributed by atoms with Crippen LogP contribution in [0.3, 0.4) is 0 Å². The maximum absolute atomic E-state index is 12.6. The van der Waals surface area contributed by atoms with Gasteiger partial charge in [0.05, 0.1) is 18.6 Å². The molecule has 0 bridgehead atoms. The molecule has 0 atom stereocenters. The average molecular weight is 245 g/mol. The number of hydrogen-bond acceptors (Lipinski definition) is 2. The number of hydrogen-bond donors (Lipinski definition) is 1. The molecule has 1 fully saturated rings. The quantitative estimate of drug-likeness (QED) is 0.866. The maximum Gasteiger partial charge on any atom is 0.231 e. The van der Waals surface area contributed by atoms with Crippen molar-refractivity contribution < 1.29 is 9.53 Å². The lowest BCUT2D eigenvalue weighted by molar-refractivity contribution is -0.143. The van der Waals surface area contributed by atoms with E-state index in [2.05, 4.69) is 31.3 Å². The first-order valence-corrected chi connectivity index (χ1v) is 6.69. The first-order valence-electron chi connectivity index (χ1n) is 6.69. The van der Waals surface area contributed by atoms with Crippen LogP contribution in [0.2, 0.25) is 0 Å². The number of fused-ring (bicyclic) bond motifs is 2. The number of rotatable bonds is 2. The van der Waals surface area contributed by atoms with Gasteiger partial charge in [0, 0.05) is 0 Å². The molecule has 3 rings (SSSR count). The largest absolute Gasteiger partial charge is 0.376 e. The molecular weight excluding hydrogens is 226 g/mol. The van der Waals surface area contributed by atoms with Crippen LogP contribution in [0.1, 0.15) is 37.8 Å². The summed E-state index contributed by atoms with van der Waals surface area (Å²) in [6.45, 7) is 5.38. The Morgan fingerprint density at radius 1 is 1.17 bits per heavy atom. The van der Waals surface area contributed by atoms with Crippen molar-refractivity contribution in [3.05, 3.63) is 35.4 Å². The zero-order valence-corrected chi connectivity index (χ0v) is 11.0. The van der Waals surface area contributed by atoms with Crippen molar-refractivity contribution in [2.45, 2.75) is 37.6 Å². The standard InChI is InChI=1S/C15H19NO2/c1-3-14(4-2)11-7-5-6-8-12(11)15(9-18-10-15)16-13(14)17/h5-8H,3-4,9-10H2,1-2H3,(H,16,17). The Kier molecular flexibility index (Phi) is 2.49. The van der Waals surface area contributed by atoms with E-state index < -0.39 is 0 Å².